The number of hydrogen-bond donors (Lipinski definition) is 1. The van der Waals surface area contributed by atoms with E-state index in [-0.39, 0.29) is 17.0 Å². The molecule has 0 radical (unpaired) electrons. The van der Waals surface area contributed by atoms with Gasteiger partial charge in [-0.3, -0.25) is 9.36 Å². The molecule has 1 aliphatic rings. The van der Waals surface area contributed by atoms with Crippen molar-refractivity contribution in [2.24, 2.45) is 5.73 Å². The molecule has 2 heterocycles. The van der Waals surface area contributed by atoms with Crippen LogP contribution in [0.3, 0.4) is 0 Å². The highest BCUT2D eigenvalue weighted by Crippen LogP contribution is 2.36. The van der Waals surface area contributed by atoms with Crippen LogP contribution in [0.2, 0.25) is 0 Å². The van der Waals surface area contributed by atoms with Gasteiger partial charge in [-0.05, 0) is 41.5 Å². The Hall–Kier alpha value is -4.27. The first-order valence-electron chi connectivity index (χ1n) is 10.6. The number of hydrogen-bond acceptors (Lipinski definition) is 7. The lowest BCUT2D eigenvalue weighted by molar-refractivity contribution is 0.906. The van der Waals surface area contributed by atoms with Gasteiger partial charge in [0.25, 0.3) is 5.56 Å². The first kappa shape index (κ1) is 22.9. The van der Waals surface area contributed by atoms with Crippen molar-refractivity contribution in [3.63, 3.8) is 0 Å². The van der Waals surface area contributed by atoms with Gasteiger partial charge in [-0.2, -0.15) is 10.5 Å². The van der Waals surface area contributed by atoms with Crippen molar-refractivity contribution in [1.29, 1.82) is 10.5 Å². The van der Waals surface area contributed by atoms with Crippen molar-refractivity contribution in [2.45, 2.75) is 5.92 Å². The zero-order chi connectivity index (χ0) is 24.6. The van der Waals surface area contributed by atoms with Crippen LogP contribution in [0.5, 0.6) is 0 Å². The molecule has 0 fully saturated rings. The Morgan fingerprint density at radius 3 is 1.94 bits per heavy atom. The molecule has 8 heteroatoms. The summed E-state index contributed by atoms with van der Waals surface area (Å²) in [6, 6.07) is 19.9. The maximum atomic E-state index is 13.3. The standard InChI is InChI=1S/C26H24N6OS/c1-30(2)18-9-5-16(6-10-18)13-22-25(33)32-24(29)20(14-27)23(21(15-28)26(32)34-22)17-7-11-19(12-8-17)31(3)4/h5-13,23H,29H2,1-4H3/b22-13-/t23-/m0/s1. The lowest BCUT2D eigenvalue weighted by atomic mass is 9.84. The summed E-state index contributed by atoms with van der Waals surface area (Å²) < 4.78 is 2.21. The third kappa shape index (κ3) is 3.85. The van der Waals surface area contributed by atoms with E-state index in [9.17, 15) is 15.3 Å². The van der Waals surface area contributed by atoms with Gasteiger partial charge in [-0.25, -0.2) is 0 Å². The summed E-state index contributed by atoms with van der Waals surface area (Å²) in [4.78, 5) is 17.2. The molecule has 2 N–H and O–H groups in total. The zero-order valence-electron chi connectivity index (χ0n) is 19.4. The number of allylic oxidation sites excluding steroid dienone is 1. The van der Waals surface area contributed by atoms with Crippen molar-refractivity contribution >= 4 is 40.2 Å². The second-order valence-electron chi connectivity index (χ2n) is 8.40. The number of fused-ring (bicyclic) bond motifs is 1. The minimum Gasteiger partial charge on any atom is -0.384 e. The predicted octanol–water partition coefficient (Wildman–Crippen LogP) is 1.99. The molecule has 0 saturated heterocycles. The fraction of sp³-hybridized carbons (Fsp3) is 0.192. The van der Waals surface area contributed by atoms with Crippen LogP contribution in [0.4, 0.5) is 11.4 Å². The maximum Gasteiger partial charge on any atom is 0.274 e. The van der Waals surface area contributed by atoms with Crippen LogP contribution in [-0.4, -0.2) is 32.8 Å². The fourth-order valence-corrected chi connectivity index (χ4v) is 5.10. The van der Waals surface area contributed by atoms with E-state index >= 15 is 0 Å². The Morgan fingerprint density at radius 2 is 1.44 bits per heavy atom. The van der Waals surface area contributed by atoms with E-state index < -0.39 is 5.92 Å². The molecule has 0 unspecified atom stereocenters. The van der Waals surface area contributed by atoms with Gasteiger partial charge in [-0.15, -0.1) is 11.3 Å². The number of nitriles is 2. The monoisotopic (exact) mass is 468 g/mol. The Labute approximate surface area is 201 Å². The average molecular weight is 469 g/mol. The van der Waals surface area contributed by atoms with Crippen molar-refractivity contribution in [2.75, 3.05) is 38.0 Å². The zero-order valence-corrected chi connectivity index (χ0v) is 20.2. The Morgan fingerprint density at radius 1 is 0.912 bits per heavy atom. The van der Waals surface area contributed by atoms with Gasteiger partial charge in [0, 0.05) is 39.6 Å². The van der Waals surface area contributed by atoms with Crippen LogP contribution in [0.1, 0.15) is 17.0 Å². The minimum absolute atomic E-state index is 0.0713. The maximum absolute atomic E-state index is 13.3. The van der Waals surface area contributed by atoms with E-state index in [0.717, 1.165) is 22.5 Å². The second-order valence-corrected chi connectivity index (χ2v) is 9.43. The Bertz CT molecular complexity index is 1540. The topological polar surface area (TPSA) is 102 Å². The average Bonchev–Trinajstić information content (AvgIpc) is 3.15. The third-order valence-corrected chi connectivity index (χ3v) is 6.95. The van der Waals surface area contributed by atoms with E-state index in [1.165, 1.54) is 15.9 Å². The molecule has 0 amide bonds. The summed E-state index contributed by atoms with van der Waals surface area (Å²) in [6.07, 6.45) is 1.78. The second kappa shape index (κ2) is 8.93. The van der Waals surface area contributed by atoms with Crippen molar-refractivity contribution in [3.05, 3.63) is 84.8 Å². The van der Waals surface area contributed by atoms with Crippen LogP contribution in [0, 0.1) is 22.7 Å². The van der Waals surface area contributed by atoms with Gasteiger partial charge in [0.1, 0.15) is 10.5 Å². The third-order valence-electron chi connectivity index (χ3n) is 5.84. The van der Waals surface area contributed by atoms with Gasteiger partial charge in [-0.1, -0.05) is 24.3 Å². The smallest absolute Gasteiger partial charge is 0.274 e. The number of rotatable bonds is 4. The van der Waals surface area contributed by atoms with Crippen LogP contribution >= 0.6 is 11.3 Å². The Balaban J connectivity index is 1.94. The number of nitrogens with zero attached hydrogens (tertiary/aromatic N) is 5. The molecular weight excluding hydrogens is 444 g/mol. The molecule has 3 aromatic rings. The van der Waals surface area contributed by atoms with E-state index in [1.807, 2.05) is 86.5 Å². The minimum atomic E-state index is -0.628. The normalized spacial score (nSPS) is 15.5. The summed E-state index contributed by atoms with van der Waals surface area (Å²) in [5.74, 6) is -0.557. The van der Waals surface area contributed by atoms with Crippen LogP contribution in [0.25, 0.3) is 17.5 Å². The molecule has 0 saturated carbocycles. The SMILES string of the molecule is CN(C)c1ccc(/C=c2\sc3n(c2=O)C(N)=C(C#N)[C@H](c2ccc(N(C)C)cc2)C=3C#N)cc1. The molecule has 4 rings (SSSR count). The summed E-state index contributed by atoms with van der Waals surface area (Å²) in [7, 11) is 7.81. The molecule has 170 valence electrons. The summed E-state index contributed by atoms with van der Waals surface area (Å²) in [5, 5.41) is 20.0. The van der Waals surface area contributed by atoms with Crippen LogP contribution in [0.15, 0.2) is 58.9 Å². The number of anilines is 2. The van der Waals surface area contributed by atoms with E-state index in [4.69, 9.17) is 5.73 Å². The molecule has 1 aliphatic heterocycles. The molecule has 1 aromatic heterocycles. The predicted molar refractivity (Wildman–Crippen MR) is 138 cm³/mol. The fourth-order valence-electron chi connectivity index (χ4n) is 3.97. The summed E-state index contributed by atoms with van der Waals surface area (Å²) in [5.41, 5.74) is 10.2. The largest absolute Gasteiger partial charge is 0.384 e. The van der Waals surface area contributed by atoms with Gasteiger partial charge in [0.05, 0.1) is 33.7 Å². The van der Waals surface area contributed by atoms with Crippen molar-refractivity contribution < 1.29 is 0 Å². The highest BCUT2D eigenvalue weighted by atomic mass is 32.1. The summed E-state index contributed by atoms with van der Waals surface area (Å²) in [6.45, 7) is 0. The van der Waals surface area contributed by atoms with Crippen LogP contribution < -0.4 is 30.3 Å². The van der Waals surface area contributed by atoms with Gasteiger partial charge in [0.2, 0.25) is 0 Å². The van der Waals surface area contributed by atoms with Crippen LogP contribution in [-0.2, 0) is 0 Å². The van der Waals surface area contributed by atoms with E-state index in [0.29, 0.717) is 14.8 Å². The number of nitrogens with two attached hydrogens (primary N) is 1. The summed E-state index contributed by atoms with van der Waals surface area (Å²) >= 11 is 1.22. The van der Waals surface area contributed by atoms with Gasteiger partial charge in [0.15, 0.2) is 0 Å². The number of benzene rings is 2. The highest BCUT2D eigenvalue weighted by molar-refractivity contribution is 7.07. The van der Waals surface area contributed by atoms with Crippen molar-refractivity contribution in [3.8, 4) is 12.1 Å². The first-order valence-corrected chi connectivity index (χ1v) is 11.4. The molecule has 0 spiro atoms. The van der Waals surface area contributed by atoms with E-state index in [2.05, 4.69) is 12.1 Å². The van der Waals surface area contributed by atoms with Gasteiger partial charge < -0.3 is 15.5 Å². The van der Waals surface area contributed by atoms with E-state index in [1.54, 1.807) is 6.08 Å². The molecular formula is C26H24N6OS. The molecule has 0 bridgehead atoms. The number of thiazole rings is 1. The van der Waals surface area contributed by atoms with Gasteiger partial charge >= 0.3 is 0 Å². The molecule has 7 nitrogen and oxygen atoms in total. The lowest BCUT2D eigenvalue weighted by Crippen LogP contribution is -2.38. The Kier molecular flexibility index (Phi) is 6.02. The number of aromatic nitrogens is 1. The highest BCUT2D eigenvalue weighted by Gasteiger charge is 2.32. The first-order chi connectivity index (χ1) is 16.3. The van der Waals surface area contributed by atoms with Crippen molar-refractivity contribution in [1.82, 2.24) is 4.57 Å². The molecule has 1 atom stereocenters. The molecule has 34 heavy (non-hydrogen) atoms. The lowest BCUT2D eigenvalue weighted by Gasteiger charge is -2.23. The molecule has 0 aliphatic carbocycles. The quantitative estimate of drug-likeness (QED) is 0.628. The molecule has 2 aromatic carbocycles.